The summed E-state index contributed by atoms with van der Waals surface area (Å²) in [7, 11) is 1.64. The van der Waals surface area contributed by atoms with Crippen molar-refractivity contribution in [1.29, 1.82) is 0 Å². The molecule has 1 N–H and O–H groups in total. The number of nitrogens with one attached hydrogen (secondary N) is 1. The average Bonchev–Trinajstić information content (AvgIpc) is 3.21. The molecule has 0 radical (unpaired) electrons. The van der Waals surface area contributed by atoms with E-state index in [4.69, 9.17) is 4.74 Å². The number of hydrogen-bond donors (Lipinski definition) is 1. The predicted molar refractivity (Wildman–Crippen MR) is 88.1 cm³/mol. The summed E-state index contributed by atoms with van der Waals surface area (Å²) in [5, 5.41) is 7.87. The van der Waals surface area contributed by atoms with Gasteiger partial charge in [-0.3, -0.25) is 0 Å². The molecule has 3 aromatic rings. The number of pyridine rings is 1. The molecule has 3 rings (SSSR count). The molecule has 0 fully saturated rings. The number of hydrogen-bond acceptors (Lipinski definition) is 5. The van der Waals surface area contributed by atoms with Crippen LogP contribution in [0.4, 0.5) is 0 Å². The second-order valence-electron chi connectivity index (χ2n) is 4.55. The zero-order chi connectivity index (χ0) is 14.5. The maximum atomic E-state index is 5.17. The first-order chi connectivity index (χ1) is 10.4. The van der Waals surface area contributed by atoms with Crippen LogP contribution in [-0.4, -0.2) is 12.1 Å². The van der Waals surface area contributed by atoms with Gasteiger partial charge in [0.05, 0.1) is 13.2 Å². The van der Waals surface area contributed by atoms with Crippen molar-refractivity contribution in [3.8, 4) is 5.88 Å². The van der Waals surface area contributed by atoms with E-state index in [0.717, 1.165) is 6.54 Å². The molecule has 0 unspecified atom stereocenters. The molecule has 0 aliphatic heterocycles. The first-order valence-corrected chi connectivity index (χ1v) is 8.42. The molecule has 0 bridgehead atoms. The van der Waals surface area contributed by atoms with Crippen molar-refractivity contribution < 1.29 is 4.74 Å². The van der Waals surface area contributed by atoms with Crippen molar-refractivity contribution in [3.05, 3.63) is 68.7 Å². The van der Waals surface area contributed by atoms with E-state index >= 15 is 0 Å². The SMILES string of the molecule is COc1cc(CNC(c2cccs2)c2cccs2)ccn1. The van der Waals surface area contributed by atoms with E-state index in [1.54, 1.807) is 36.0 Å². The number of nitrogens with zero attached hydrogens (tertiary/aromatic N) is 1. The van der Waals surface area contributed by atoms with Crippen LogP contribution in [0.2, 0.25) is 0 Å². The summed E-state index contributed by atoms with van der Waals surface area (Å²) in [6, 6.07) is 12.8. The average molecular weight is 316 g/mol. The Morgan fingerprint density at radius 3 is 2.43 bits per heavy atom. The lowest BCUT2D eigenvalue weighted by Gasteiger charge is -2.16. The molecular weight excluding hydrogens is 300 g/mol. The second-order valence-corrected chi connectivity index (χ2v) is 6.51. The van der Waals surface area contributed by atoms with Gasteiger partial charge < -0.3 is 10.1 Å². The molecule has 3 heterocycles. The Balaban J connectivity index is 1.76. The smallest absolute Gasteiger partial charge is 0.213 e. The molecule has 3 nitrogen and oxygen atoms in total. The van der Waals surface area contributed by atoms with Crippen LogP contribution in [0, 0.1) is 0 Å². The molecule has 0 aliphatic carbocycles. The van der Waals surface area contributed by atoms with E-state index in [0.29, 0.717) is 5.88 Å². The number of rotatable bonds is 6. The number of ether oxygens (including phenoxy) is 1. The van der Waals surface area contributed by atoms with Gasteiger partial charge in [-0.25, -0.2) is 4.98 Å². The highest BCUT2D eigenvalue weighted by Crippen LogP contribution is 2.29. The third-order valence-electron chi connectivity index (χ3n) is 3.17. The third-order valence-corrected chi connectivity index (χ3v) is 5.05. The Morgan fingerprint density at radius 1 is 1.14 bits per heavy atom. The van der Waals surface area contributed by atoms with Gasteiger partial charge in [0.1, 0.15) is 0 Å². The molecule has 0 aromatic carbocycles. The minimum atomic E-state index is 0.240. The van der Waals surface area contributed by atoms with Crippen molar-refractivity contribution in [2.75, 3.05) is 7.11 Å². The van der Waals surface area contributed by atoms with Crippen LogP contribution >= 0.6 is 22.7 Å². The van der Waals surface area contributed by atoms with Crippen molar-refractivity contribution in [1.82, 2.24) is 10.3 Å². The van der Waals surface area contributed by atoms with Crippen LogP contribution in [0.1, 0.15) is 21.4 Å². The third kappa shape index (κ3) is 3.50. The quantitative estimate of drug-likeness (QED) is 0.743. The summed E-state index contributed by atoms with van der Waals surface area (Å²) in [6.07, 6.45) is 1.78. The zero-order valence-electron chi connectivity index (χ0n) is 11.7. The van der Waals surface area contributed by atoms with Gasteiger partial charge in [-0.15, -0.1) is 22.7 Å². The van der Waals surface area contributed by atoms with Crippen molar-refractivity contribution >= 4 is 22.7 Å². The summed E-state index contributed by atoms with van der Waals surface area (Å²) in [6.45, 7) is 0.777. The molecule has 0 saturated heterocycles. The second kappa shape index (κ2) is 6.85. The molecule has 0 atom stereocenters. The van der Waals surface area contributed by atoms with Crippen molar-refractivity contribution in [2.24, 2.45) is 0 Å². The van der Waals surface area contributed by atoms with E-state index in [-0.39, 0.29) is 6.04 Å². The lowest BCUT2D eigenvalue weighted by Crippen LogP contribution is -2.20. The van der Waals surface area contributed by atoms with Gasteiger partial charge in [-0.1, -0.05) is 12.1 Å². The van der Waals surface area contributed by atoms with E-state index in [2.05, 4.69) is 45.3 Å². The summed E-state index contributed by atoms with van der Waals surface area (Å²) in [5.41, 5.74) is 1.17. The number of aromatic nitrogens is 1. The van der Waals surface area contributed by atoms with E-state index in [1.807, 2.05) is 12.1 Å². The molecule has 0 spiro atoms. The molecule has 5 heteroatoms. The van der Waals surface area contributed by atoms with E-state index in [1.165, 1.54) is 15.3 Å². The summed E-state index contributed by atoms with van der Waals surface area (Å²) in [5.74, 6) is 0.651. The minimum absolute atomic E-state index is 0.240. The number of thiophene rings is 2. The van der Waals surface area contributed by atoms with Gasteiger partial charge in [0.2, 0.25) is 5.88 Å². The normalized spacial score (nSPS) is 11.0. The molecule has 0 saturated carbocycles. The summed E-state index contributed by atoms with van der Waals surface area (Å²) < 4.78 is 5.17. The number of methoxy groups -OCH3 is 1. The molecule has 108 valence electrons. The first-order valence-electron chi connectivity index (χ1n) is 6.66. The monoisotopic (exact) mass is 316 g/mol. The van der Waals surface area contributed by atoms with E-state index in [9.17, 15) is 0 Å². The Kier molecular flexibility index (Phi) is 4.65. The van der Waals surface area contributed by atoms with Gasteiger partial charge in [0, 0.05) is 28.6 Å². The minimum Gasteiger partial charge on any atom is -0.481 e. The lowest BCUT2D eigenvalue weighted by molar-refractivity contribution is 0.397. The van der Waals surface area contributed by atoms with Crippen molar-refractivity contribution in [3.63, 3.8) is 0 Å². The zero-order valence-corrected chi connectivity index (χ0v) is 13.3. The Bertz CT molecular complexity index is 631. The van der Waals surface area contributed by atoms with Crippen LogP contribution in [0.25, 0.3) is 0 Å². The topological polar surface area (TPSA) is 34.1 Å². The standard InChI is InChI=1S/C16H16N2OS2/c1-19-15-10-12(6-7-17-15)11-18-16(13-4-2-8-20-13)14-5-3-9-21-14/h2-10,16,18H,11H2,1H3. The van der Waals surface area contributed by atoms with Crippen LogP contribution < -0.4 is 10.1 Å². The maximum Gasteiger partial charge on any atom is 0.213 e. The molecule has 0 amide bonds. The first kappa shape index (κ1) is 14.3. The largest absolute Gasteiger partial charge is 0.481 e. The van der Waals surface area contributed by atoms with E-state index < -0.39 is 0 Å². The van der Waals surface area contributed by atoms with Gasteiger partial charge in [-0.05, 0) is 34.5 Å². The van der Waals surface area contributed by atoms with Crippen molar-refractivity contribution in [2.45, 2.75) is 12.6 Å². The van der Waals surface area contributed by atoms with Gasteiger partial charge in [-0.2, -0.15) is 0 Å². The predicted octanol–water partition coefficient (Wildman–Crippen LogP) is 4.09. The summed E-state index contributed by atoms with van der Waals surface area (Å²) >= 11 is 3.56. The fourth-order valence-corrected chi connectivity index (χ4v) is 3.85. The summed E-state index contributed by atoms with van der Waals surface area (Å²) in [4.78, 5) is 6.80. The van der Waals surface area contributed by atoms with Crippen LogP contribution in [-0.2, 0) is 6.54 Å². The Labute approximate surface area is 132 Å². The Hall–Kier alpha value is -1.69. The highest BCUT2D eigenvalue weighted by atomic mass is 32.1. The molecule has 3 aromatic heterocycles. The van der Waals surface area contributed by atoms with Crippen LogP contribution in [0.15, 0.2) is 53.4 Å². The fraction of sp³-hybridized carbons (Fsp3) is 0.188. The van der Waals surface area contributed by atoms with Gasteiger partial charge in [0.15, 0.2) is 0 Å². The van der Waals surface area contributed by atoms with Gasteiger partial charge >= 0.3 is 0 Å². The Morgan fingerprint density at radius 2 is 1.86 bits per heavy atom. The molecule has 21 heavy (non-hydrogen) atoms. The van der Waals surface area contributed by atoms with Gasteiger partial charge in [0.25, 0.3) is 0 Å². The molecular formula is C16H16N2OS2. The van der Waals surface area contributed by atoms with Crippen LogP contribution in [0.3, 0.4) is 0 Å². The fourth-order valence-electron chi connectivity index (χ4n) is 2.14. The highest BCUT2D eigenvalue weighted by molar-refractivity contribution is 7.11. The molecule has 0 aliphatic rings. The lowest BCUT2D eigenvalue weighted by atomic mass is 10.2. The maximum absolute atomic E-state index is 5.17. The highest BCUT2D eigenvalue weighted by Gasteiger charge is 2.15. The van der Waals surface area contributed by atoms with Crippen LogP contribution in [0.5, 0.6) is 5.88 Å².